The van der Waals surface area contributed by atoms with Gasteiger partial charge < -0.3 is 4.90 Å². The molecule has 0 aromatic heterocycles. The Balaban J connectivity index is 1.88. The van der Waals surface area contributed by atoms with Crippen molar-refractivity contribution >= 4 is 39.1 Å². The summed E-state index contributed by atoms with van der Waals surface area (Å²) in [5.74, 6) is -0.324. The first kappa shape index (κ1) is 24.3. The zero-order valence-corrected chi connectivity index (χ0v) is 20.2. The van der Waals surface area contributed by atoms with Gasteiger partial charge in [0.2, 0.25) is 15.9 Å². The quantitative estimate of drug-likeness (QED) is 0.438. The van der Waals surface area contributed by atoms with E-state index in [2.05, 4.69) is 0 Å². The maximum atomic E-state index is 13.4. The van der Waals surface area contributed by atoms with Gasteiger partial charge in [0.1, 0.15) is 0 Å². The summed E-state index contributed by atoms with van der Waals surface area (Å²) >= 11 is 12.3. The third kappa shape index (κ3) is 6.11. The minimum Gasteiger partial charge on any atom is -0.340 e. The smallest absolute Gasteiger partial charge is 0.243 e. The molecule has 3 aromatic rings. The molecule has 0 atom stereocenters. The van der Waals surface area contributed by atoms with Gasteiger partial charge in [0, 0.05) is 30.2 Å². The molecule has 0 aliphatic heterocycles. The Morgan fingerprint density at radius 1 is 0.906 bits per heavy atom. The van der Waals surface area contributed by atoms with Crippen molar-refractivity contribution in [3.63, 3.8) is 0 Å². The maximum absolute atomic E-state index is 13.4. The van der Waals surface area contributed by atoms with E-state index in [9.17, 15) is 13.2 Å². The van der Waals surface area contributed by atoms with Crippen molar-refractivity contribution < 1.29 is 13.2 Å². The number of carbonyl (C=O) groups excluding carboxylic acids is 1. The molecule has 8 heteroatoms. The summed E-state index contributed by atoms with van der Waals surface area (Å²) < 4.78 is 28.0. The molecule has 5 nitrogen and oxygen atoms in total. The minimum atomic E-state index is -3.95. The van der Waals surface area contributed by atoms with Crippen LogP contribution in [0, 0.1) is 6.92 Å². The van der Waals surface area contributed by atoms with Crippen LogP contribution in [0.5, 0.6) is 0 Å². The predicted molar refractivity (Wildman–Crippen MR) is 128 cm³/mol. The van der Waals surface area contributed by atoms with E-state index in [1.807, 2.05) is 37.3 Å². The van der Waals surface area contributed by atoms with Crippen LogP contribution < -0.4 is 0 Å². The van der Waals surface area contributed by atoms with E-state index in [1.165, 1.54) is 4.90 Å². The summed E-state index contributed by atoms with van der Waals surface area (Å²) in [6.07, 6.45) is 0. The molecule has 32 heavy (non-hydrogen) atoms. The van der Waals surface area contributed by atoms with Crippen molar-refractivity contribution in [1.82, 2.24) is 9.21 Å². The van der Waals surface area contributed by atoms with Gasteiger partial charge in [-0.3, -0.25) is 4.79 Å². The third-order valence-corrected chi connectivity index (χ3v) is 7.41. The molecule has 0 bridgehead atoms. The highest BCUT2D eigenvalue weighted by Gasteiger charge is 2.28. The number of rotatable bonds is 8. The number of nitrogens with zero attached hydrogens (tertiary/aromatic N) is 2. The van der Waals surface area contributed by atoms with Crippen LogP contribution in [0.2, 0.25) is 10.0 Å². The van der Waals surface area contributed by atoms with Crippen LogP contribution in [-0.2, 0) is 27.9 Å². The van der Waals surface area contributed by atoms with Gasteiger partial charge in [-0.1, -0.05) is 77.3 Å². The molecule has 0 N–H and O–H groups in total. The lowest BCUT2D eigenvalue weighted by Gasteiger charge is -2.25. The summed E-state index contributed by atoms with van der Waals surface area (Å²) in [5, 5.41) is 0.789. The average Bonchev–Trinajstić information content (AvgIpc) is 2.75. The lowest BCUT2D eigenvalue weighted by molar-refractivity contribution is -0.130. The van der Waals surface area contributed by atoms with E-state index in [0.29, 0.717) is 22.2 Å². The van der Waals surface area contributed by atoms with Gasteiger partial charge in [-0.05, 0) is 42.3 Å². The number of benzene rings is 3. The number of amides is 1. The van der Waals surface area contributed by atoms with Crippen molar-refractivity contribution in [1.29, 1.82) is 0 Å². The van der Waals surface area contributed by atoms with E-state index in [0.717, 1.165) is 15.4 Å². The van der Waals surface area contributed by atoms with Crippen LogP contribution in [-0.4, -0.2) is 37.1 Å². The van der Waals surface area contributed by atoms with Gasteiger partial charge >= 0.3 is 0 Å². The largest absolute Gasteiger partial charge is 0.340 e. The highest BCUT2D eigenvalue weighted by molar-refractivity contribution is 7.89. The zero-order valence-electron chi connectivity index (χ0n) is 17.8. The van der Waals surface area contributed by atoms with Crippen LogP contribution >= 0.6 is 23.2 Å². The molecule has 168 valence electrons. The third-order valence-electron chi connectivity index (χ3n) is 5.02. The number of hydrogen-bond donors (Lipinski definition) is 0. The summed E-state index contributed by atoms with van der Waals surface area (Å²) in [5.41, 5.74) is 2.46. The van der Waals surface area contributed by atoms with Crippen molar-refractivity contribution in [2.24, 2.45) is 0 Å². The summed E-state index contributed by atoms with van der Waals surface area (Å²) in [6, 6.07) is 20.9. The number of halogens is 2. The fourth-order valence-electron chi connectivity index (χ4n) is 3.14. The van der Waals surface area contributed by atoms with E-state index in [-0.39, 0.29) is 23.9 Å². The normalized spacial score (nSPS) is 11.5. The molecular formula is C24H24Cl2N2O3S. The highest BCUT2D eigenvalue weighted by Crippen LogP contribution is 2.25. The molecule has 0 saturated carbocycles. The second-order valence-electron chi connectivity index (χ2n) is 7.56. The molecule has 0 spiro atoms. The Kier molecular flexibility index (Phi) is 7.96. The molecule has 0 radical (unpaired) electrons. The van der Waals surface area contributed by atoms with Crippen molar-refractivity contribution in [2.45, 2.75) is 24.9 Å². The number of hydrogen-bond acceptors (Lipinski definition) is 3. The van der Waals surface area contributed by atoms with Crippen molar-refractivity contribution in [2.75, 3.05) is 13.6 Å². The van der Waals surface area contributed by atoms with E-state index in [4.69, 9.17) is 23.2 Å². The SMILES string of the molecule is Cc1ccc(S(=O)(=O)N(CC(=O)N(C)Cc2ccccc2)Cc2ccc(Cl)cc2Cl)cc1. The molecule has 0 aliphatic rings. The maximum Gasteiger partial charge on any atom is 0.243 e. The fraction of sp³-hybridized carbons (Fsp3) is 0.208. The molecule has 1 amide bonds. The molecule has 0 fully saturated rings. The van der Waals surface area contributed by atoms with E-state index >= 15 is 0 Å². The number of likely N-dealkylation sites (N-methyl/N-ethyl adjacent to an activating group) is 1. The molecule has 0 unspecified atom stereocenters. The molecule has 0 aliphatic carbocycles. The Morgan fingerprint density at radius 2 is 1.56 bits per heavy atom. The van der Waals surface area contributed by atoms with Crippen LogP contribution in [0.3, 0.4) is 0 Å². The molecule has 0 heterocycles. The first-order valence-electron chi connectivity index (χ1n) is 9.95. The van der Waals surface area contributed by atoms with Crippen LogP contribution in [0.15, 0.2) is 77.7 Å². The topological polar surface area (TPSA) is 57.7 Å². The van der Waals surface area contributed by atoms with Gasteiger partial charge in [0.05, 0.1) is 11.4 Å². The van der Waals surface area contributed by atoms with E-state index in [1.54, 1.807) is 49.5 Å². The zero-order chi connectivity index (χ0) is 23.3. The second-order valence-corrected chi connectivity index (χ2v) is 10.3. The van der Waals surface area contributed by atoms with Crippen molar-refractivity contribution in [3.8, 4) is 0 Å². The Bertz CT molecular complexity index is 1180. The molecule has 3 aromatic carbocycles. The monoisotopic (exact) mass is 490 g/mol. The standard InChI is InChI=1S/C24H24Cl2N2O3S/c1-18-8-12-22(13-9-18)32(30,31)28(16-20-10-11-21(25)14-23(20)26)17-24(29)27(2)15-19-6-4-3-5-7-19/h3-14H,15-17H2,1-2H3. The van der Waals surface area contributed by atoms with Gasteiger partial charge in [-0.2, -0.15) is 4.31 Å². The predicted octanol–water partition coefficient (Wildman–Crippen LogP) is 5.15. The summed E-state index contributed by atoms with van der Waals surface area (Å²) in [7, 11) is -2.30. The summed E-state index contributed by atoms with van der Waals surface area (Å²) in [4.78, 5) is 14.6. The number of sulfonamides is 1. The molecule has 3 rings (SSSR count). The van der Waals surface area contributed by atoms with Gasteiger partial charge in [0.25, 0.3) is 0 Å². The fourth-order valence-corrected chi connectivity index (χ4v) is 4.98. The highest BCUT2D eigenvalue weighted by atomic mass is 35.5. The second kappa shape index (κ2) is 10.5. The lowest BCUT2D eigenvalue weighted by Crippen LogP contribution is -2.41. The molecular weight excluding hydrogens is 467 g/mol. The average molecular weight is 491 g/mol. The van der Waals surface area contributed by atoms with Crippen LogP contribution in [0.1, 0.15) is 16.7 Å². The van der Waals surface area contributed by atoms with Gasteiger partial charge in [-0.25, -0.2) is 8.42 Å². The number of carbonyl (C=O) groups is 1. The first-order valence-corrected chi connectivity index (χ1v) is 12.1. The lowest BCUT2D eigenvalue weighted by atomic mass is 10.2. The van der Waals surface area contributed by atoms with Crippen LogP contribution in [0.25, 0.3) is 0 Å². The van der Waals surface area contributed by atoms with Gasteiger partial charge in [-0.15, -0.1) is 0 Å². The Labute approximate surface area is 199 Å². The van der Waals surface area contributed by atoms with E-state index < -0.39 is 10.0 Å². The van der Waals surface area contributed by atoms with Crippen LogP contribution in [0.4, 0.5) is 0 Å². The molecule has 0 saturated heterocycles. The Hall–Kier alpha value is -2.38. The van der Waals surface area contributed by atoms with Crippen molar-refractivity contribution in [3.05, 3.63) is 99.5 Å². The Morgan fingerprint density at radius 3 is 2.19 bits per heavy atom. The van der Waals surface area contributed by atoms with Gasteiger partial charge in [0.15, 0.2) is 0 Å². The summed E-state index contributed by atoms with van der Waals surface area (Å²) in [6.45, 7) is 1.87. The first-order chi connectivity index (χ1) is 15.2. The number of aryl methyl sites for hydroxylation is 1. The minimum absolute atomic E-state index is 0.0584.